The van der Waals surface area contributed by atoms with Crippen LogP contribution < -0.4 is 0 Å². The Morgan fingerprint density at radius 2 is 2.36 bits per heavy atom. The fourth-order valence-corrected chi connectivity index (χ4v) is 2.62. The number of nitrogens with zero attached hydrogens (tertiary/aromatic N) is 1. The van der Waals surface area contributed by atoms with E-state index in [1.165, 1.54) is 6.20 Å². The second kappa shape index (κ2) is 3.50. The van der Waals surface area contributed by atoms with Crippen molar-refractivity contribution in [2.24, 2.45) is 0 Å². The highest BCUT2D eigenvalue weighted by Crippen LogP contribution is 2.42. The summed E-state index contributed by atoms with van der Waals surface area (Å²) >= 11 is 6.07. The molecule has 1 aromatic rings. The Labute approximate surface area is 88.3 Å². The maximum atomic E-state index is 13.0. The first kappa shape index (κ1) is 9.91. The number of alkyl halides is 1. The highest BCUT2D eigenvalue weighted by atomic mass is 35.5. The number of halogens is 2. The molecule has 3 heteroatoms. The Morgan fingerprint density at radius 3 is 2.93 bits per heavy atom. The van der Waals surface area contributed by atoms with Gasteiger partial charge in [0.15, 0.2) is 0 Å². The number of hydrogen-bond acceptors (Lipinski definition) is 1. The smallest absolute Gasteiger partial charge is 0.141 e. The summed E-state index contributed by atoms with van der Waals surface area (Å²) in [5.41, 5.74) is 0.988. The zero-order valence-electron chi connectivity index (χ0n) is 8.13. The SMILES string of the molecule is CC1(c2cncc(F)c2)CCC(Cl)C1. The third kappa shape index (κ3) is 1.76. The van der Waals surface area contributed by atoms with Gasteiger partial charge >= 0.3 is 0 Å². The van der Waals surface area contributed by atoms with Crippen molar-refractivity contribution < 1.29 is 4.39 Å². The standard InChI is InChI=1S/C11H13ClFN/c1-11(3-2-9(12)5-11)8-4-10(13)7-14-6-8/h4,6-7,9H,2-3,5H2,1H3. The minimum Gasteiger partial charge on any atom is -0.261 e. The molecular formula is C11H13ClFN. The van der Waals surface area contributed by atoms with Crippen LogP contribution in [0.15, 0.2) is 18.5 Å². The van der Waals surface area contributed by atoms with Gasteiger partial charge in [0.05, 0.1) is 6.20 Å². The minimum absolute atomic E-state index is 0.0154. The summed E-state index contributed by atoms with van der Waals surface area (Å²) in [5.74, 6) is -0.262. The summed E-state index contributed by atoms with van der Waals surface area (Å²) in [6, 6.07) is 1.57. The summed E-state index contributed by atoms with van der Waals surface area (Å²) in [6.07, 6.45) is 5.93. The van der Waals surface area contributed by atoms with E-state index in [1.807, 2.05) is 0 Å². The lowest BCUT2D eigenvalue weighted by molar-refractivity contribution is 0.484. The van der Waals surface area contributed by atoms with Crippen LogP contribution in [0.25, 0.3) is 0 Å². The van der Waals surface area contributed by atoms with Gasteiger partial charge in [-0.25, -0.2) is 4.39 Å². The summed E-state index contributed by atoms with van der Waals surface area (Å²) in [6.45, 7) is 2.13. The molecule has 0 aliphatic heterocycles. The van der Waals surface area contributed by atoms with Crippen LogP contribution in [0.5, 0.6) is 0 Å². The molecule has 0 amide bonds. The summed E-state index contributed by atoms with van der Waals surface area (Å²) < 4.78 is 13.0. The molecule has 0 spiro atoms. The molecule has 0 bridgehead atoms. The number of aromatic nitrogens is 1. The molecule has 0 N–H and O–H groups in total. The van der Waals surface area contributed by atoms with Gasteiger partial charge in [-0.05, 0) is 36.3 Å². The molecule has 2 unspecified atom stereocenters. The Kier molecular flexibility index (Phi) is 2.48. The molecule has 1 fully saturated rings. The molecule has 1 heterocycles. The average molecular weight is 214 g/mol. The molecule has 2 atom stereocenters. The number of pyridine rings is 1. The molecule has 1 aromatic heterocycles. The van der Waals surface area contributed by atoms with Crippen molar-refractivity contribution in [1.29, 1.82) is 0 Å². The van der Waals surface area contributed by atoms with E-state index in [2.05, 4.69) is 11.9 Å². The van der Waals surface area contributed by atoms with Gasteiger partial charge < -0.3 is 0 Å². The summed E-state index contributed by atoms with van der Waals surface area (Å²) in [7, 11) is 0. The van der Waals surface area contributed by atoms with Crippen LogP contribution in [0.1, 0.15) is 31.7 Å². The van der Waals surface area contributed by atoms with Crippen molar-refractivity contribution in [3.8, 4) is 0 Å². The first-order valence-electron chi connectivity index (χ1n) is 4.85. The van der Waals surface area contributed by atoms with E-state index in [-0.39, 0.29) is 16.6 Å². The second-order valence-corrected chi connectivity index (χ2v) is 4.91. The van der Waals surface area contributed by atoms with E-state index in [9.17, 15) is 4.39 Å². The zero-order chi connectivity index (χ0) is 10.2. The largest absolute Gasteiger partial charge is 0.261 e. The fourth-order valence-electron chi connectivity index (χ4n) is 2.17. The highest BCUT2D eigenvalue weighted by Gasteiger charge is 2.35. The first-order valence-corrected chi connectivity index (χ1v) is 5.29. The van der Waals surface area contributed by atoms with Crippen molar-refractivity contribution in [3.63, 3.8) is 0 Å². The van der Waals surface area contributed by atoms with E-state index in [0.29, 0.717) is 0 Å². The van der Waals surface area contributed by atoms with Crippen LogP contribution in [0, 0.1) is 5.82 Å². The van der Waals surface area contributed by atoms with E-state index < -0.39 is 0 Å². The maximum Gasteiger partial charge on any atom is 0.141 e. The van der Waals surface area contributed by atoms with Crippen LogP contribution in [-0.4, -0.2) is 10.4 Å². The van der Waals surface area contributed by atoms with Crippen molar-refractivity contribution in [2.45, 2.75) is 37.0 Å². The molecule has 0 radical (unpaired) electrons. The molecule has 1 nitrogen and oxygen atoms in total. The molecule has 2 rings (SSSR count). The zero-order valence-corrected chi connectivity index (χ0v) is 8.89. The Balaban J connectivity index is 2.30. The fraction of sp³-hybridized carbons (Fsp3) is 0.545. The van der Waals surface area contributed by atoms with Crippen LogP contribution in [0.3, 0.4) is 0 Å². The highest BCUT2D eigenvalue weighted by molar-refractivity contribution is 6.20. The molecule has 0 aromatic carbocycles. The first-order chi connectivity index (χ1) is 6.60. The van der Waals surface area contributed by atoms with Gasteiger partial charge in [0.25, 0.3) is 0 Å². The van der Waals surface area contributed by atoms with E-state index in [0.717, 1.165) is 24.8 Å². The topological polar surface area (TPSA) is 12.9 Å². The average Bonchev–Trinajstić information content (AvgIpc) is 2.48. The van der Waals surface area contributed by atoms with E-state index in [4.69, 9.17) is 11.6 Å². The quantitative estimate of drug-likeness (QED) is 0.653. The van der Waals surface area contributed by atoms with Gasteiger partial charge in [0.1, 0.15) is 5.82 Å². The van der Waals surface area contributed by atoms with Crippen molar-refractivity contribution in [3.05, 3.63) is 29.8 Å². The van der Waals surface area contributed by atoms with Gasteiger partial charge in [0, 0.05) is 11.6 Å². The Hall–Kier alpha value is -0.630. The van der Waals surface area contributed by atoms with Gasteiger partial charge in [-0.15, -0.1) is 11.6 Å². The van der Waals surface area contributed by atoms with Gasteiger partial charge in [0.2, 0.25) is 0 Å². The summed E-state index contributed by atoms with van der Waals surface area (Å²) in [5, 5.41) is 0.225. The maximum absolute atomic E-state index is 13.0. The van der Waals surface area contributed by atoms with Crippen LogP contribution >= 0.6 is 11.6 Å². The van der Waals surface area contributed by atoms with Crippen molar-refractivity contribution in [1.82, 2.24) is 4.98 Å². The minimum atomic E-state index is -0.262. The van der Waals surface area contributed by atoms with Gasteiger partial charge in [-0.3, -0.25) is 4.98 Å². The molecular weight excluding hydrogens is 201 g/mol. The molecule has 14 heavy (non-hydrogen) atoms. The van der Waals surface area contributed by atoms with E-state index >= 15 is 0 Å². The lowest BCUT2D eigenvalue weighted by Crippen LogP contribution is -2.18. The molecule has 1 aliphatic carbocycles. The summed E-state index contributed by atoms with van der Waals surface area (Å²) in [4.78, 5) is 3.88. The monoisotopic (exact) mass is 213 g/mol. The Morgan fingerprint density at radius 1 is 1.57 bits per heavy atom. The number of hydrogen-bond donors (Lipinski definition) is 0. The van der Waals surface area contributed by atoms with Crippen LogP contribution in [-0.2, 0) is 5.41 Å². The third-order valence-electron chi connectivity index (χ3n) is 3.08. The van der Waals surface area contributed by atoms with Crippen molar-refractivity contribution in [2.75, 3.05) is 0 Å². The third-order valence-corrected chi connectivity index (χ3v) is 3.46. The predicted molar refractivity (Wildman–Crippen MR) is 55.0 cm³/mol. The molecule has 1 saturated carbocycles. The normalized spacial score (nSPS) is 32.1. The van der Waals surface area contributed by atoms with Crippen molar-refractivity contribution >= 4 is 11.6 Å². The molecule has 0 saturated heterocycles. The molecule has 76 valence electrons. The van der Waals surface area contributed by atoms with Crippen LogP contribution in [0.2, 0.25) is 0 Å². The van der Waals surface area contributed by atoms with Crippen LogP contribution in [0.4, 0.5) is 4.39 Å². The van der Waals surface area contributed by atoms with E-state index in [1.54, 1.807) is 12.3 Å². The molecule has 1 aliphatic rings. The van der Waals surface area contributed by atoms with Gasteiger partial charge in [-0.2, -0.15) is 0 Å². The Bertz CT molecular complexity index is 342. The van der Waals surface area contributed by atoms with Gasteiger partial charge in [-0.1, -0.05) is 6.92 Å². The lowest BCUT2D eigenvalue weighted by Gasteiger charge is -2.23. The lowest BCUT2D eigenvalue weighted by atomic mass is 9.82. The number of rotatable bonds is 1. The second-order valence-electron chi connectivity index (χ2n) is 4.29. The predicted octanol–water partition coefficient (Wildman–Crippen LogP) is 3.27.